The van der Waals surface area contributed by atoms with Gasteiger partial charge in [0, 0.05) is 24.4 Å². The monoisotopic (exact) mass is 315 g/mol. The van der Waals surface area contributed by atoms with Crippen molar-refractivity contribution < 1.29 is 0 Å². The molecule has 1 aromatic heterocycles. The van der Waals surface area contributed by atoms with Gasteiger partial charge in [0.25, 0.3) is 0 Å². The van der Waals surface area contributed by atoms with Crippen molar-refractivity contribution in [1.82, 2.24) is 14.8 Å². The predicted octanol–water partition coefficient (Wildman–Crippen LogP) is 4.39. The van der Waals surface area contributed by atoms with E-state index in [1.54, 1.807) is 0 Å². The Balaban J connectivity index is 1.67. The van der Waals surface area contributed by atoms with Crippen LogP contribution in [-0.2, 0) is 25.8 Å². The quantitative estimate of drug-likeness (QED) is 0.783. The van der Waals surface area contributed by atoms with Gasteiger partial charge in [-0.25, -0.2) is 0 Å². The maximum absolute atomic E-state index is 5.93. The number of nitrogens with zero attached hydrogens (tertiary/aromatic N) is 3. The van der Waals surface area contributed by atoms with E-state index in [-0.39, 0.29) is 0 Å². The van der Waals surface area contributed by atoms with Gasteiger partial charge in [-0.1, -0.05) is 48.7 Å². The van der Waals surface area contributed by atoms with Gasteiger partial charge in [0.15, 0.2) is 0 Å². The molecule has 0 spiro atoms. The summed E-state index contributed by atoms with van der Waals surface area (Å²) in [7, 11) is 0. The summed E-state index contributed by atoms with van der Waals surface area (Å²) in [5.41, 5.74) is 2.40. The van der Waals surface area contributed by atoms with Crippen molar-refractivity contribution in [3.63, 3.8) is 0 Å². The second-order valence-electron chi connectivity index (χ2n) is 6.08. The van der Waals surface area contributed by atoms with Crippen LogP contribution >= 0.6 is 11.6 Å². The lowest BCUT2D eigenvalue weighted by molar-refractivity contribution is 0.506. The molecule has 22 heavy (non-hydrogen) atoms. The van der Waals surface area contributed by atoms with E-state index in [0.717, 1.165) is 42.5 Å². The summed E-state index contributed by atoms with van der Waals surface area (Å²) in [5, 5.41) is 9.56. The van der Waals surface area contributed by atoms with Crippen LogP contribution in [0, 0.1) is 0 Å². The first-order valence-electron chi connectivity index (χ1n) is 8.04. The molecule has 116 valence electrons. The van der Waals surface area contributed by atoms with E-state index in [9.17, 15) is 0 Å². The highest BCUT2D eigenvalue weighted by molar-refractivity contribution is 6.30. The van der Waals surface area contributed by atoms with E-state index in [2.05, 4.69) is 33.5 Å². The highest BCUT2D eigenvalue weighted by Crippen LogP contribution is 2.18. The standard InChI is InChI=1S/C18H22ClN3/c1-14(12-15-7-9-16(19)10-8-15)13-18-21-20-17-6-4-2-3-5-11-22(17)18/h7-10H,1-6,11-13H2. The Morgan fingerprint density at radius 3 is 2.64 bits per heavy atom. The third-order valence-corrected chi connectivity index (χ3v) is 4.46. The molecule has 0 N–H and O–H groups in total. The van der Waals surface area contributed by atoms with Crippen LogP contribution in [0.2, 0.25) is 5.02 Å². The van der Waals surface area contributed by atoms with Gasteiger partial charge in [0.1, 0.15) is 11.6 Å². The van der Waals surface area contributed by atoms with Crippen LogP contribution in [0.4, 0.5) is 0 Å². The van der Waals surface area contributed by atoms with Crippen LogP contribution in [0.1, 0.15) is 42.9 Å². The molecule has 0 unspecified atom stereocenters. The van der Waals surface area contributed by atoms with Crippen LogP contribution in [0.3, 0.4) is 0 Å². The first-order chi connectivity index (χ1) is 10.7. The fourth-order valence-electron chi connectivity index (χ4n) is 3.03. The Kier molecular flexibility index (Phi) is 4.94. The van der Waals surface area contributed by atoms with Crippen LogP contribution in [0.25, 0.3) is 0 Å². The maximum atomic E-state index is 5.93. The largest absolute Gasteiger partial charge is 0.315 e. The molecule has 3 nitrogen and oxygen atoms in total. The second-order valence-corrected chi connectivity index (χ2v) is 6.51. The Morgan fingerprint density at radius 2 is 1.82 bits per heavy atom. The number of allylic oxidation sites excluding steroid dienone is 1. The van der Waals surface area contributed by atoms with Crippen molar-refractivity contribution in [2.75, 3.05) is 0 Å². The Morgan fingerprint density at radius 1 is 1.05 bits per heavy atom. The molecule has 0 saturated heterocycles. The Hall–Kier alpha value is -1.61. The van der Waals surface area contributed by atoms with Crippen LogP contribution in [0.15, 0.2) is 36.4 Å². The smallest absolute Gasteiger partial charge is 0.137 e. The van der Waals surface area contributed by atoms with Gasteiger partial charge in [-0.3, -0.25) is 0 Å². The van der Waals surface area contributed by atoms with Gasteiger partial charge in [-0.05, 0) is 37.0 Å². The number of fused-ring (bicyclic) bond motifs is 1. The molecule has 0 radical (unpaired) electrons. The molecule has 4 heteroatoms. The van der Waals surface area contributed by atoms with Crippen molar-refractivity contribution in [3.8, 4) is 0 Å². The third-order valence-electron chi connectivity index (χ3n) is 4.21. The van der Waals surface area contributed by atoms with Crippen molar-refractivity contribution >= 4 is 11.6 Å². The maximum Gasteiger partial charge on any atom is 0.137 e. The molecule has 0 amide bonds. The third kappa shape index (κ3) is 3.77. The zero-order valence-electron chi connectivity index (χ0n) is 12.9. The lowest BCUT2D eigenvalue weighted by Crippen LogP contribution is -2.11. The van der Waals surface area contributed by atoms with E-state index in [4.69, 9.17) is 11.6 Å². The SMILES string of the molecule is C=C(Cc1ccc(Cl)cc1)Cc1nnc2n1CCCCCC2. The average molecular weight is 316 g/mol. The van der Waals surface area contributed by atoms with Crippen molar-refractivity contribution in [1.29, 1.82) is 0 Å². The molecule has 0 bridgehead atoms. The Bertz CT molecular complexity index is 643. The molecule has 0 fully saturated rings. The topological polar surface area (TPSA) is 30.7 Å². The van der Waals surface area contributed by atoms with E-state index in [0.29, 0.717) is 0 Å². The lowest BCUT2D eigenvalue weighted by Gasteiger charge is -2.14. The fourth-order valence-corrected chi connectivity index (χ4v) is 3.16. The van der Waals surface area contributed by atoms with E-state index >= 15 is 0 Å². The summed E-state index contributed by atoms with van der Waals surface area (Å²) in [4.78, 5) is 0. The molecule has 2 heterocycles. The van der Waals surface area contributed by atoms with Crippen LogP contribution in [0.5, 0.6) is 0 Å². The summed E-state index contributed by atoms with van der Waals surface area (Å²) in [6.45, 7) is 5.27. The number of aromatic nitrogens is 3. The summed E-state index contributed by atoms with van der Waals surface area (Å²) in [6.07, 6.45) is 7.78. The minimum absolute atomic E-state index is 0.771. The molecule has 0 aliphatic carbocycles. The highest BCUT2D eigenvalue weighted by Gasteiger charge is 2.14. The van der Waals surface area contributed by atoms with Crippen molar-refractivity contribution in [2.45, 2.75) is 51.5 Å². The van der Waals surface area contributed by atoms with E-state index in [1.165, 1.54) is 36.8 Å². The van der Waals surface area contributed by atoms with Crippen molar-refractivity contribution in [3.05, 3.63) is 58.7 Å². The van der Waals surface area contributed by atoms with Gasteiger partial charge in [-0.2, -0.15) is 0 Å². The van der Waals surface area contributed by atoms with Crippen molar-refractivity contribution in [2.24, 2.45) is 0 Å². The zero-order valence-corrected chi connectivity index (χ0v) is 13.6. The van der Waals surface area contributed by atoms with Gasteiger partial charge in [0.2, 0.25) is 0 Å². The molecular formula is C18H22ClN3. The fraction of sp³-hybridized carbons (Fsp3) is 0.444. The number of aryl methyl sites for hydroxylation is 1. The summed E-state index contributed by atoms with van der Waals surface area (Å²) in [6, 6.07) is 7.97. The Labute approximate surface area is 137 Å². The van der Waals surface area contributed by atoms with E-state index < -0.39 is 0 Å². The zero-order chi connectivity index (χ0) is 15.4. The number of halogens is 1. The molecule has 3 rings (SSSR count). The number of hydrogen-bond acceptors (Lipinski definition) is 2. The average Bonchev–Trinajstić information content (AvgIpc) is 2.82. The van der Waals surface area contributed by atoms with Gasteiger partial charge >= 0.3 is 0 Å². The molecule has 1 aliphatic rings. The summed E-state index contributed by atoms with van der Waals surface area (Å²) >= 11 is 5.93. The first-order valence-corrected chi connectivity index (χ1v) is 8.42. The molecule has 2 aromatic rings. The molecule has 1 aromatic carbocycles. The number of benzene rings is 1. The minimum Gasteiger partial charge on any atom is -0.315 e. The van der Waals surface area contributed by atoms with E-state index in [1.807, 2.05) is 12.1 Å². The lowest BCUT2D eigenvalue weighted by atomic mass is 10.0. The molecule has 0 saturated carbocycles. The van der Waals surface area contributed by atoms with Crippen LogP contribution in [-0.4, -0.2) is 14.8 Å². The molecular weight excluding hydrogens is 294 g/mol. The predicted molar refractivity (Wildman–Crippen MR) is 90.2 cm³/mol. The highest BCUT2D eigenvalue weighted by atomic mass is 35.5. The van der Waals surface area contributed by atoms with Gasteiger partial charge in [-0.15, -0.1) is 10.2 Å². The molecule has 1 aliphatic heterocycles. The number of hydrogen-bond donors (Lipinski definition) is 0. The second kappa shape index (κ2) is 7.10. The van der Waals surface area contributed by atoms with Crippen LogP contribution < -0.4 is 0 Å². The normalized spacial score (nSPS) is 15.0. The number of rotatable bonds is 4. The van der Waals surface area contributed by atoms with Gasteiger partial charge in [0.05, 0.1) is 0 Å². The molecule has 0 atom stereocenters. The first kappa shape index (κ1) is 15.3. The van der Waals surface area contributed by atoms with Gasteiger partial charge < -0.3 is 4.57 Å². The summed E-state index contributed by atoms with van der Waals surface area (Å²) < 4.78 is 2.31. The minimum atomic E-state index is 0.771. The summed E-state index contributed by atoms with van der Waals surface area (Å²) in [5.74, 6) is 2.21.